The predicted molar refractivity (Wildman–Crippen MR) is 36.8 cm³/mol. The van der Waals surface area contributed by atoms with Crippen LogP contribution >= 0.6 is 0 Å². The van der Waals surface area contributed by atoms with Gasteiger partial charge in [-0.05, 0) is 6.92 Å². The van der Waals surface area contributed by atoms with Crippen LogP contribution in [0, 0.1) is 5.41 Å². The van der Waals surface area contributed by atoms with E-state index in [1.54, 1.807) is 0 Å². The molecule has 0 unspecified atom stereocenters. The van der Waals surface area contributed by atoms with Crippen LogP contribution in [0.15, 0.2) is 0 Å². The maximum absolute atomic E-state index is 8.90. The summed E-state index contributed by atoms with van der Waals surface area (Å²) in [5.41, 5.74) is -0.0734. The summed E-state index contributed by atoms with van der Waals surface area (Å²) < 4.78 is 10.2. The van der Waals surface area contributed by atoms with Crippen LogP contribution in [0.3, 0.4) is 0 Å². The summed E-state index contributed by atoms with van der Waals surface area (Å²) in [5, 5.41) is 8.90. The highest BCUT2D eigenvalue weighted by Gasteiger charge is 2.38. The van der Waals surface area contributed by atoms with Gasteiger partial charge in [0.05, 0.1) is 31.8 Å². The second-order valence-corrected chi connectivity index (χ2v) is 2.79. The van der Waals surface area contributed by atoms with E-state index >= 15 is 0 Å². The highest BCUT2D eigenvalue weighted by Crippen LogP contribution is 2.26. The van der Waals surface area contributed by atoms with E-state index in [1.807, 2.05) is 6.92 Å². The zero-order valence-electron chi connectivity index (χ0n) is 6.30. The molecule has 0 aliphatic carbocycles. The Hall–Kier alpha value is -0.120. The van der Waals surface area contributed by atoms with Gasteiger partial charge in [-0.1, -0.05) is 0 Å². The van der Waals surface area contributed by atoms with Crippen molar-refractivity contribution >= 4 is 0 Å². The number of hydrogen-bond acceptors (Lipinski definition) is 3. The van der Waals surface area contributed by atoms with Crippen molar-refractivity contribution < 1.29 is 14.6 Å². The molecule has 0 atom stereocenters. The van der Waals surface area contributed by atoms with E-state index in [9.17, 15) is 0 Å². The third kappa shape index (κ3) is 1.48. The van der Waals surface area contributed by atoms with Gasteiger partial charge < -0.3 is 14.6 Å². The Kier molecular flexibility index (Phi) is 2.65. The molecule has 0 bridgehead atoms. The van der Waals surface area contributed by atoms with Gasteiger partial charge in [0.25, 0.3) is 0 Å². The van der Waals surface area contributed by atoms with Crippen molar-refractivity contribution in [2.75, 3.05) is 33.0 Å². The van der Waals surface area contributed by atoms with Crippen molar-refractivity contribution in [3.8, 4) is 0 Å². The lowest BCUT2D eigenvalue weighted by molar-refractivity contribution is -0.167. The first-order valence-electron chi connectivity index (χ1n) is 3.59. The minimum atomic E-state index is -0.0734. The second kappa shape index (κ2) is 3.32. The first kappa shape index (κ1) is 7.98. The molecule has 1 aliphatic rings. The van der Waals surface area contributed by atoms with Crippen LogP contribution in [0.5, 0.6) is 0 Å². The van der Waals surface area contributed by atoms with Crippen molar-refractivity contribution in [1.29, 1.82) is 0 Å². The topological polar surface area (TPSA) is 38.7 Å². The smallest absolute Gasteiger partial charge is 0.0635 e. The molecular weight excluding hydrogens is 132 g/mol. The highest BCUT2D eigenvalue weighted by molar-refractivity contribution is 4.84. The molecule has 1 aliphatic heterocycles. The SMILES string of the molecule is CCOCC1(CO)COC1. The largest absolute Gasteiger partial charge is 0.396 e. The summed E-state index contributed by atoms with van der Waals surface area (Å²) in [4.78, 5) is 0. The summed E-state index contributed by atoms with van der Waals surface area (Å²) in [6.45, 7) is 4.74. The summed E-state index contributed by atoms with van der Waals surface area (Å²) in [5.74, 6) is 0. The lowest BCUT2D eigenvalue weighted by Crippen LogP contribution is -2.49. The van der Waals surface area contributed by atoms with Crippen LogP contribution in [-0.2, 0) is 9.47 Å². The van der Waals surface area contributed by atoms with Crippen molar-refractivity contribution in [2.24, 2.45) is 5.41 Å². The van der Waals surface area contributed by atoms with Gasteiger partial charge in [-0.25, -0.2) is 0 Å². The molecule has 1 rings (SSSR count). The van der Waals surface area contributed by atoms with Crippen LogP contribution in [0.1, 0.15) is 6.92 Å². The summed E-state index contributed by atoms with van der Waals surface area (Å²) in [6, 6.07) is 0. The first-order chi connectivity index (χ1) is 4.83. The van der Waals surface area contributed by atoms with Crippen LogP contribution in [0.25, 0.3) is 0 Å². The highest BCUT2D eigenvalue weighted by atomic mass is 16.5. The molecule has 10 heavy (non-hydrogen) atoms. The lowest BCUT2D eigenvalue weighted by Gasteiger charge is -2.39. The Morgan fingerprint density at radius 2 is 2.30 bits per heavy atom. The molecule has 0 spiro atoms. The quantitative estimate of drug-likeness (QED) is 0.608. The fourth-order valence-corrected chi connectivity index (χ4v) is 0.930. The molecule has 0 aromatic heterocycles. The molecule has 60 valence electrons. The molecule has 0 aromatic rings. The molecular formula is C7H14O3. The summed E-state index contributed by atoms with van der Waals surface area (Å²) in [6.07, 6.45) is 0. The molecule has 1 saturated heterocycles. The Bertz CT molecular complexity index is 93.5. The third-order valence-corrected chi connectivity index (χ3v) is 1.76. The molecule has 3 heteroatoms. The minimum Gasteiger partial charge on any atom is -0.396 e. The van der Waals surface area contributed by atoms with E-state index < -0.39 is 0 Å². The number of aliphatic hydroxyl groups excluding tert-OH is 1. The van der Waals surface area contributed by atoms with Crippen LogP contribution < -0.4 is 0 Å². The Labute approximate surface area is 60.9 Å². The fourth-order valence-electron chi connectivity index (χ4n) is 0.930. The molecule has 1 heterocycles. The standard InChI is InChI=1S/C7H14O3/c1-2-9-4-7(3-8)5-10-6-7/h8H,2-6H2,1H3. The molecule has 3 nitrogen and oxygen atoms in total. The molecule has 1 fully saturated rings. The zero-order chi connectivity index (χ0) is 7.45. The summed E-state index contributed by atoms with van der Waals surface area (Å²) in [7, 11) is 0. The number of hydrogen-bond donors (Lipinski definition) is 1. The molecule has 0 amide bonds. The van der Waals surface area contributed by atoms with E-state index in [-0.39, 0.29) is 12.0 Å². The van der Waals surface area contributed by atoms with Gasteiger partial charge >= 0.3 is 0 Å². The summed E-state index contributed by atoms with van der Waals surface area (Å²) >= 11 is 0. The van der Waals surface area contributed by atoms with Gasteiger partial charge in [-0.3, -0.25) is 0 Å². The molecule has 0 aromatic carbocycles. The average Bonchev–Trinajstić information content (AvgIpc) is 1.87. The van der Waals surface area contributed by atoms with Crippen molar-refractivity contribution in [3.05, 3.63) is 0 Å². The maximum Gasteiger partial charge on any atom is 0.0635 e. The monoisotopic (exact) mass is 146 g/mol. The van der Waals surface area contributed by atoms with Crippen molar-refractivity contribution in [2.45, 2.75) is 6.92 Å². The van der Waals surface area contributed by atoms with E-state index in [0.29, 0.717) is 26.4 Å². The zero-order valence-corrected chi connectivity index (χ0v) is 6.30. The Morgan fingerprint density at radius 3 is 2.60 bits per heavy atom. The predicted octanol–water partition coefficient (Wildman–Crippen LogP) is 0.0318. The van der Waals surface area contributed by atoms with Crippen molar-refractivity contribution in [1.82, 2.24) is 0 Å². The number of aliphatic hydroxyl groups is 1. The number of ether oxygens (including phenoxy) is 2. The van der Waals surface area contributed by atoms with Crippen LogP contribution in [-0.4, -0.2) is 38.1 Å². The molecule has 0 saturated carbocycles. The maximum atomic E-state index is 8.90. The first-order valence-corrected chi connectivity index (χ1v) is 3.59. The van der Waals surface area contributed by atoms with Gasteiger partial charge in [0.1, 0.15) is 0 Å². The van der Waals surface area contributed by atoms with Gasteiger partial charge in [0.15, 0.2) is 0 Å². The normalized spacial score (nSPS) is 22.2. The van der Waals surface area contributed by atoms with Gasteiger partial charge in [-0.2, -0.15) is 0 Å². The van der Waals surface area contributed by atoms with Crippen LogP contribution in [0.2, 0.25) is 0 Å². The van der Waals surface area contributed by atoms with Crippen molar-refractivity contribution in [3.63, 3.8) is 0 Å². The van der Waals surface area contributed by atoms with Gasteiger partial charge in [0, 0.05) is 6.61 Å². The fraction of sp³-hybridized carbons (Fsp3) is 1.00. The van der Waals surface area contributed by atoms with Gasteiger partial charge in [0.2, 0.25) is 0 Å². The van der Waals surface area contributed by atoms with Gasteiger partial charge in [-0.15, -0.1) is 0 Å². The minimum absolute atomic E-state index is 0.0734. The third-order valence-electron chi connectivity index (χ3n) is 1.76. The molecule has 1 N–H and O–H groups in total. The van der Waals surface area contributed by atoms with E-state index in [0.717, 1.165) is 0 Å². The lowest BCUT2D eigenvalue weighted by atomic mass is 9.88. The second-order valence-electron chi connectivity index (χ2n) is 2.79. The Morgan fingerprint density at radius 1 is 1.60 bits per heavy atom. The number of rotatable bonds is 4. The van der Waals surface area contributed by atoms with E-state index in [1.165, 1.54) is 0 Å². The molecule has 0 radical (unpaired) electrons. The average molecular weight is 146 g/mol. The van der Waals surface area contributed by atoms with E-state index in [4.69, 9.17) is 14.6 Å². The van der Waals surface area contributed by atoms with Crippen LogP contribution in [0.4, 0.5) is 0 Å². The Balaban J connectivity index is 2.20. The van der Waals surface area contributed by atoms with E-state index in [2.05, 4.69) is 0 Å².